The summed E-state index contributed by atoms with van der Waals surface area (Å²) in [4.78, 5) is 0. The average Bonchev–Trinajstić information content (AvgIpc) is 2.87. The normalized spacial score (nSPS) is 38.5. The zero-order valence-corrected chi connectivity index (χ0v) is 9.37. The van der Waals surface area contributed by atoms with E-state index in [0.29, 0.717) is 11.8 Å². The second-order valence-corrected chi connectivity index (χ2v) is 5.21. The lowest BCUT2D eigenvalue weighted by Crippen LogP contribution is -2.10. The van der Waals surface area contributed by atoms with E-state index in [1.54, 1.807) is 0 Å². The molecule has 0 amide bonds. The van der Waals surface area contributed by atoms with Crippen LogP contribution in [0, 0.1) is 11.8 Å². The minimum Gasteiger partial charge on any atom is -0.385 e. The monoisotopic (exact) mass is 222 g/mol. The van der Waals surface area contributed by atoms with E-state index in [2.05, 4.69) is 0 Å². The van der Waals surface area contributed by atoms with Crippen LogP contribution in [0.25, 0.3) is 0 Å². The molecule has 0 saturated heterocycles. The van der Waals surface area contributed by atoms with Crippen LogP contribution in [0.15, 0.2) is 24.3 Å². The number of fused-ring (bicyclic) bond motifs is 1. The molecular formula is C13H15ClO. The Labute approximate surface area is 95.1 Å². The summed E-state index contributed by atoms with van der Waals surface area (Å²) in [6, 6.07) is 7.73. The van der Waals surface area contributed by atoms with Gasteiger partial charge in [0.15, 0.2) is 0 Å². The van der Waals surface area contributed by atoms with E-state index in [0.717, 1.165) is 23.4 Å². The van der Waals surface area contributed by atoms with Gasteiger partial charge in [-0.05, 0) is 30.7 Å². The van der Waals surface area contributed by atoms with Crippen molar-refractivity contribution in [3.63, 3.8) is 0 Å². The van der Waals surface area contributed by atoms with Crippen molar-refractivity contribution >= 4 is 11.6 Å². The number of rotatable bonds is 1. The molecule has 1 aromatic rings. The van der Waals surface area contributed by atoms with E-state index >= 15 is 0 Å². The highest BCUT2D eigenvalue weighted by Crippen LogP contribution is 2.65. The highest BCUT2D eigenvalue weighted by atomic mass is 35.5. The Hall–Kier alpha value is -0.530. The molecule has 15 heavy (non-hydrogen) atoms. The quantitative estimate of drug-likeness (QED) is 0.773. The SMILES string of the molecule is OC1(c2ccccc2Cl)C2CCCCC21. The fourth-order valence-electron chi connectivity index (χ4n) is 3.28. The fourth-order valence-corrected chi connectivity index (χ4v) is 3.57. The van der Waals surface area contributed by atoms with E-state index in [9.17, 15) is 5.11 Å². The first-order chi connectivity index (χ1) is 7.24. The van der Waals surface area contributed by atoms with Crippen LogP contribution >= 0.6 is 11.6 Å². The van der Waals surface area contributed by atoms with Gasteiger partial charge in [-0.2, -0.15) is 0 Å². The van der Waals surface area contributed by atoms with Gasteiger partial charge in [-0.15, -0.1) is 0 Å². The first kappa shape index (κ1) is 9.68. The molecule has 0 spiro atoms. The maximum absolute atomic E-state index is 10.7. The largest absolute Gasteiger partial charge is 0.385 e. The summed E-state index contributed by atoms with van der Waals surface area (Å²) < 4.78 is 0. The van der Waals surface area contributed by atoms with Crippen LogP contribution in [0.2, 0.25) is 5.02 Å². The Morgan fingerprint density at radius 3 is 2.33 bits per heavy atom. The van der Waals surface area contributed by atoms with Crippen molar-refractivity contribution in [1.29, 1.82) is 0 Å². The molecule has 2 fully saturated rings. The van der Waals surface area contributed by atoms with Crippen molar-refractivity contribution < 1.29 is 5.11 Å². The van der Waals surface area contributed by atoms with Gasteiger partial charge in [0.25, 0.3) is 0 Å². The lowest BCUT2D eigenvalue weighted by atomic mass is 10.0. The van der Waals surface area contributed by atoms with Gasteiger partial charge in [0.2, 0.25) is 0 Å². The predicted octanol–water partition coefficient (Wildman–Crippen LogP) is 3.35. The van der Waals surface area contributed by atoms with Gasteiger partial charge in [-0.25, -0.2) is 0 Å². The van der Waals surface area contributed by atoms with Gasteiger partial charge in [-0.3, -0.25) is 0 Å². The Bertz CT molecular complexity index is 376. The van der Waals surface area contributed by atoms with Crippen molar-refractivity contribution in [3.05, 3.63) is 34.9 Å². The van der Waals surface area contributed by atoms with Crippen molar-refractivity contribution in [1.82, 2.24) is 0 Å². The third kappa shape index (κ3) is 1.26. The van der Waals surface area contributed by atoms with Gasteiger partial charge in [0.1, 0.15) is 0 Å². The molecule has 2 heteroatoms. The summed E-state index contributed by atoms with van der Waals surface area (Å²) in [7, 11) is 0. The molecule has 0 radical (unpaired) electrons. The Morgan fingerprint density at radius 1 is 1.13 bits per heavy atom. The number of benzene rings is 1. The highest BCUT2D eigenvalue weighted by molar-refractivity contribution is 6.31. The van der Waals surface area contributed by atoms with E-state index in [4.69, 9.17) is 11.6 Å². The number of aliphatic hydroxyl groups is 1. The fraction of sp³-hybridized carbons (Fsp3) is 0.538. The predicted molar refractivity (Wildman–Crippen MR) is 60.8 cm³/mol. The molecular weight excluding hydrogens is 208 g/mol. The summed E-state index contributed by atoms with van der Waals surface area (Å²) in [6.45, 7) is 0. The molecule has 0 aliphatic heterocycles. The molecule has 1 nitrogen and oxygen atoms in total. The smallest absolute Gasteiger partial charge is 0.0974 e. The van der Waals surface area contributed by atoms with Crippen LogP contribution in [0.4, 0.5) is 0 Å². The van der Waals surface area contributed by atoms with E-state index in [1.807, 2.05) is 24.3 Å². The lowest BCUT2D eigenvalue weighted by Gasteiger charge is -2.12. The van der Waals surface area contributed by atoms with Gasteiger partial charge >= 0.3 is 0 Å². The molecule has 0 bridgehead atoms. The third-order valence-corrected chi connectivity index (χ3v) is 4.42. The first-order valence-electron chi connectivity index (χ1n) is 5.72. The molecule has 2 aliphatic carbocycles. The highest BCUT2D eigenvalue weighted by Gasteiger charge is 2.65. The van der Waals surface area contributed by atoms with Crippen LogP contribution in [0.3, 0.4) is 0 Å². The first-order valence-corrected chi connectivity index (χ1v) is 6.10. The van der Waals surface area contributed by atoms with Crippen molar-refractivity contribution in [3.8, 4) is 0 Å². The summed E-state index contributed by atoms with van der Waals surface area (Å²) in [5, 5.41) is 11.4. The zero-order valence-electron chi connectivity index (χ0n) is 8.62. The van der Waals surface area contributed by atoms with Crippen molar-refractivity contribution in [2.45, 2.75) is 31.3 Å². The van der Waals surface area contributed by atoms with Crippen LogP contribution < -0.4 is 0 Å². The molecule has 0 aromatic heterocycles. The lowest BCUT2D eigenvalue weighted by molar-refractivity contribution is 0.118. The molecule has 1 N–H and O–H groups in total. The second-order valence-electron chi connectivity index (χ2n) is 4.80. The second kappa shape index (κ2) is 3.23. The standard InChI is InChI=1S/C13H15ClO/c14-12-8-4-3-7-11(12)13(15)9-5-1-2-6-10(9)13/h3-4,7-10,15H,1-2,5-6H2. The van der Waals surface area contributed by atoms with Crippen LogP contribution in [-0.2, 0) is 5.60 Å². The number of hydrogen-bond acceptors (Lipinski definition) is 1. The van der Waals surface area contributed by atoms with E-state index in [1.165, 1.54) is 12.8 Å². The maximum atomic E-state index is 10.7. The zero-order chi connectivity index (χ0) is 10.5. The topological polar surface area (TPSA) is 20.2 Å². The van der Waals surface area contributed by atoms with Crippen LogP contribution in [0.1, 0.15) is 31.2 Å². The molecule has 2 unspecified atom stereocenters. The van der Waals surface area contributed by atoms with Gasteiger partial charge in [0, 0.05) is 10.6 Å². The van der Waals surface area contributed by atoms with Gasteiger partial charge in [0.05, 0.1) is 5.60 Å². The summed E-state index contributed by atoms with van der Waals surface area (Å²) >= 11 is 6.15. The average molecular weight is 223 g/mol. The molecule has 2 aliphatic rings. The Kier molecular flexibility index (Phi) is 2.08. The Morgan fingerprint density at radius 2 is 1.73 bits per heavy atom. The molecule has 0 heterocycles. The van der Waals surface area contributed by atoms with E-state index in [-0.39, 0.29) is 0 Å². The summed E-state index contributed by atoms with van der Waals surface area (Å²) in [5.74, 6) is 0.928. The maximum Gasteiger partial charge on any atom is 0.0974 e. The van der Waals surface area contributed by atoms with E-state index < -0.39 is 5.60 Å². The number of halogens is 1. The minimum absolute atomic E-state index is 0.464. The molecule has 2 saturated carbocycles. The number of hydrogen-bond donors (Lipinski definition) is 1. The molecule has 3 rings (SSSR count). The van der Waals surface area contributed by atoms with Gasteiger partial charge in [-0.1, -0.05) is 42.6 Å². The minimum atomic E-state index is -0.602. The molecule has 80 valence electrons. The molecule has 1 aromatic carbocycles. The third-order valence-electron chi connectivity index (χ3n) is 4.09. The summed E-state index contributed by atoms with van der Waals surface area (Å²) in [6.07, 6.45) is 4.83. The molecule has 2 atom stereocenters. The van der Waals surface area contributed by atoms with Crippen molar-refractivity contribution in [2.75, 3.05) is 0 Å². The van der Waals surface area contributed by atoms with Crippen LogP contribution in [-0.4, -0.2) is 5.11 Å². The van der Waals surface area contributed by atoms with Crippen molar-refractivity contribution in [2.24, 2.45) is 11.8 Å². The Balaban J connectivity index is 1.98. The summed E-state index contributed by atoms with van der Waals surface area (Å²) in [5.41, 5.74) is 0.345. The van der Waals surface area contributed by atoms with Crippen LogP contribution in [0.5, 0.6) is 0 Å². The van der Waals surface area contributed by atoms with Gasteiger partial charge < -0.3 is 5.11 Å².